The SMILES string of the molecule is COc1ccc(-c2nnn(C[C@@H](C)C(=O)N(C3CCCCC3)C(C)(C)C(=O)C(C)(C)NC3CCCC3)n2)cc1OC. The van der Waals surface area contributed by atoms with Gasteiger partial charge >= 0.3 is 0 Å². The first-order valence-electron chi connectivity index (χ1n) is 15.1. The number of ether oxygens (including phenoxy) is 2. The zero-order chi connectivity index (χ0) is 29.8. The summed E-state index contributed by atoms with van der Waals surface area (Å²) in [6, 6.07) is 5.82. The number of nitrogens with one attached hydrogen (secondary N) is 1. The van der Waals surface area contributed by atoms with Gasteiger partial charge < -0.3 is 19.7 Å². The van der Waals surface area contributed by atoms with Gasteiger partial charge in [-0.15, -0.1) is 10.2 Å². The lowest BCUT2D eigenvalue weighted by atomic mass is 9.80. The molecule has 2 fully saturated rings. The number of hydrogen-bond acceptors (Lipinski definition) is 8. The van der Waals surface area contributed by atoms with Crippen LogP contribution in [0, 0.1) is 5.92 Å². The summed E-state index contributed by atoms with van der Waals surface area (Å²) in [5.74, 6) is 1.19. The van der Waals surface area contributed by atoms with Crippen molar-refractivity contribution in [1.82, 2.24) is 30.4 Å². The van der Waals surface area contributed by atoms with Gasteiger partial charge in [-0.1, -0.05) is 39.0 Å². The highest BCUT2D eigenvalue weighted by Gasteiger charge is 2.48. The number of methoxy groups -OCH3 is 2. The Morgan fingerprint density at radius 1 is 1.00 bits per heavy atom. The normalized spacial score (nSPS) is 17.8. The van der Waals surface area contributed by atoms with Crippen molar-refractivity contribution in [2.75, 3.05) is 14.2 Å². The molecule has 0 aliphatic heterocycles. The quantitative estimate of drug-likeness (QED) is 0.388. The van der Waals surface area contributed by atoms with Gasteiger partial charge in [0.1, 0.15) is 0 Å². The highest BCUT2D eigenvalue weighted by Crippen LogP contribution is 2.34. The molecule has 2 aromatic rings. The highest BCUT2D eigenvalue weighted by atomic mass is 16.5. The molecule has 1 atom stereocenters. The van der Waals surface area contributed by atoms with E-state index in [2.05, 4.69) is 20.7 Å². The standard InChI is InChI=1S/C31H48N6O4/c1-21(20-36-34-27(33-35-36)22-17-18-25(40-6)26(19-22)41-7)28(38)37(24-15-9-8-10-16-24)31(4,5)29(39)30(2,3)32-23-13-11-12-14-23/h17-19,21,23-24,32H,8-16,20H2,1-7H3/t21-/m1/s1. The summed E-state index contributed by atoms with van der Waals surface area (Å²) in [6.07, 6.45) is 9.70. The lowest BCUT2D eigenvalue weighted by molar-refractivity contribution is -0.155. The number of benzene rings is 1. The number of ketones is 1. The molecule has 226 valence electrons. The van der Waals surface area contributed by atoms with Gasteiger partial charge in [0.05, 0.1) is 37.8 Å². The molecule has 1 N–H and O–H groups in total. The molecule has 1 aromatic carbocycles. The van der Waals surface area contributed by atoms with Crippen LogP contribution < -0.4 is 14.8 Å². The van der Waals surface area contributed by atoms with E-state index < -0.39 is 17.0 Å². The molecule has 10 heteroatoms. The average Bonchev–Trinajstić information content (AvgIpc) is 3.64. The average molecular weight is 569 g/mol. The topological polar surface area (TPSA) is 111 Å². The van der Waals surface area contributed by atoms with Gasteiger partial charge in [-0.3, -0.25) is 9.59 Å². The Bertz CT molecular complexity index is 1200. The van der Waals surface area contributed by atoms with Crippen molar-refractivity contribution < 1.29 is 19.1 Å². The monoisotopic (exact) mass is 568 g/mol. The highest BCUT2D eigenvalue weighted by molar-refractivity contribution is 5.98. The maximum atomic E-state index is 14.2. The lowest BCUT2D eigenvalue weighted by Gasteiger charge is -2.48. The van der Waals surface area contributed by atoms with E-state index in [-0.39, 0.29) is 24.3 Å². The zero-order valence-corrected chi connectivity index (χ0v) is 25.9. The van der Waals surface area contributed by atoms with Crippen LogP contribution in [0.3, 0.4) is 0 Å². The molecule has 41 heavy (non-hydrogen) atoms. The molecule has 1 aromatic heterocycles. The third-order valence-electron chi connectivity index (χ3n) is 8.78. The van der Waals surface area contributed by atoms with Gasteiger partial charge in [-0.2, -0.15) is 4.80 Å². The van der Waals surface area contributed by atoms with Gasteiger partial charge in [0.2, 0.25) is 11.7 Å². The van der Waals surface area contributed by atoms with E-state index in [4.69, 9.17) is 9.47 Å². The van der Waals surface area contributed by atoms with Crippen LogP contribution in [0.5, 0.6) is 11.5 Å². The van der Waals surface area contributed by atoms with Crippen molar-refractivity contribution in [3.05, 3.63) is 18.2 Å². The summed E-state index contributed by atoms with van der Waals surface area (Å²) >= 11 is 0. The van der Waals surface area contributed by atoms with E-state index in [0.29, 0.717) is 23.4 Å². The molecule has 2 aliphatic carbocycles. The Balaban J connectivity index is 1.53. The van der Waals surface area contributed by atoms with Crippen LogP contribution in [-0.2, 0) is 16.1 Å². The molecular formula is C31H48N6O4. The summed E-state index contributed by atoms with van der Waals surface area (Å²) in [7, 11) is 3.17. The van der Waals surface area contributed by atoms with E-state index in [1.807, 2.05) is 45.6 Å². The minimum atomic E-state index is -0.969. The summed E-state index contributed by atoms with van der Waals surface area (Å²) in [5.41, 5.74) is -0.972. The molecule has 4 rings (SSSR count). The molecule has 2 aliphatic rings. The van der Waals surface area contributed by atoms with Crippen LogP contribution in [0.15, 0.2) is 18.2 Å². The van der Waals surface area contributed by atoms with Gasteiger partial charge in [-0.05, 0) is 76.8 Å². The first-order chi connectivity index (χ1) is 19.5. The smallest absolute Gasteiger partial charge is 0.228 e. The molecular weight excluding hydrogens is 520 g/mol. The van der Waals surface area contributed by atoms with Crippen molar-refractivity contribution >= 4 is 11.7 Å². The zero-order valence-electron chi connectivity index (χ0n) is 25.9. The molecule has 1 heterocycles. The van der Waals surface area contributed by atoms with Gasteiger partial charge in [-0.25, -0.2) is 0 Å². The number of carbonyl (C=O) groups excluding carboxylic acids is 2. The maximum Gasteiger partial charge on any atom is 0.228 e. The van der Waals surface area contributed by atoms with Crippen LogP contribution in [0.25, 0.3) is 11.4 Å². The van der Waals surface area contributed by atoms with E-state index in [1.165, 1.54) is 24.1 Å². The van der Waals surface area contributed by atoms with Gasteiger partial charge in [0.15, 0.2) is 17.3 Å². The van der Waals surface area contributed by atoms with Gasteiger partial charge in [0, 0.05) is 17.6 Å². The predicted octanol–water partition coefficient (Wildman–Crippen LogP) is 4.81. The van der Waals surface area contributed by atoms with Crippen LogP contribution in [-0.4, -0.2) is 74.2 Å². The lowest BCUT2D eigenvalue weighted by Crippen LogP contribution is -2.66. The molecule has 1 amide bonds. The van der Waals surface area contributed by atoms with E-state index in [1.54, 1.807) is 26.4 Å². The number of Topliss-reactive ketones (excluding diaryl/α,β-unsaturated/α-hetero) is 1. The fourth-order valence-corrected chi connectivity index (χ4v) is 6.74. The first-order valence-corrected chi connectivity index (χ1v) is 15.1. The molecule has 0 saturated heterocycles. The van der Waals surface area contributed by atoms with Crippen LogP contribution in [0.4, 0.5) is 0 Å². The number of aromatic nitrogens is 4. The van der Waals surface area contributed by atoms with Crippen molar-refractivity contribution in [2.24, 2.45) is 5.92 Å². The first kappa shape index (κ1) is 30.9. The van der Waals surface area contributed by atoms with Crippen molar-refractivity contribution in [2.45, 2.75) is 122 Å². The van der Waals surface area contributed by atoms with Crippen molar-refractivity contribution in [3.8, 4) is 22.9 Å². The van der Waals surface area contributed by atoms with Crippen LogP contribution in [0.2, 0.25) is 0 Å². The number of nitrogens with zero attached hydrogens (tertiary/aromatic N) is 5. The van der Waals surface area contributed by atoms with E-state index >= 15 is 0 Å². The third-order valence-corrected chi connectivity index (χ3v) is 8.78. The number of tetrazole rings is 1. The minimum Gasteiger partial charge on any atom is -0.493 e. The third kappa shape index (κ3) is 6.90. The van der Waals surface area contributed by atoms with E-state index in [9.17, 15) is 9.59 Å². The van der Waals surface area contributed by atoms with Gasteiger partial charge in [0.25, 0.3) is 0 Å². The summed E-state index contributed by atoms with van der Waals surface area (Å²) in [6.45, 7) is 9.94. The predicted molar refractivity (Wildman–Crippen MR) is 158 cm³/mol. The molecule has 0 spiro atoms. The summed E-state index contributed by atoms with van der Waals surface area (Å²) in [5, 5.41) is 16.6. The van der Waals surface area contributed by atoms with Crippen LogP contribution >= 0.6 is 0 Å². The maximum absolute atomic E-state index is 14.2. The Kier molecular flexibility index (Phi) is 9.72. The fourth-order valence-electron chi connectivity index (χ4n) is 6.74. The molecule has 10 nitrogen and oxygen atoms in total. The molecule has 0 bridgehead atoms. The van der Waals surface area contributed by atoms with Crippen molar-refractivity contribution in [3.63, 3.8) is 0 Å². The van der Waals surface area contributed by atoms with Crippen molar-refractivity contribution in [1.29, 1.82) is 0 Å². The largest absolute Gasteiger partial charge is 0.493 e. The number of rotatable bonds is 12. The Hall–Kier alpha value is -3.01. The second-order valence-corrected chi connectivity index (χ2v) is 12.8. The molecule has 0 radical (unpaired) electrons. The second-order valence-electron chi connectivity index (χ2n) is 12.8. The second kappa shape index (κ2) is 12.9. The Labute approximate surface area is 244 Å². The number of carbonyl (C=O) groups is 2. The number of amides is 1. The number of hydrogen-bond donors (Lipinski definition) is 1. The Morgan fingerprint density at radius 2 is 1.63 bits per heavy atom. The van der Waals surface area contributed by atoms with E-state index in [0.717, 1.165) is 44.1 Å². The Morgan fingerprint density at radius 3 is 2.27 bits per heavy atom. The minimum absolute atomic E-state index is 0.0333. The summed E-state index contributed by atoms with van der Waals surface area (Å²) < 4.78 is 10.7. The summed E-state index contributed by atoms with van der Waals surface area (Å²) in [4.78, 5) is 31.8. The molecule has 0 unspecified atom stereocenters. The molecule has 2 saturated carbocycles. The van der Waals surface area contributed by atoms with Crippen LogP contribution in [0.1, 0.15) is 92.4 Å². The fraction of sp³-hybridized carbons (Fsp3) is 0.710.